The smallest absolute Gasteiger partial charge is 0.337 e. The van der Waals surface area contributed by atoms with Crippen LogP contribution >= 0.6 is 23.4 Å². The van der Waals surface area contributed by atoms with Gasteiger partial charge < -0.3 is 10.6 Å². The zero-order chi connectivity index (χ0) is 19.2. The van der Waals surface area contributed by atoms with Crippen LogP contribution in [-0.4, -0.2) is 18.3 Å². The van der Waals surface area contributed by atoms with E-state index < -0.39 is 17.8 Å². The third-order valence-electron chi connectivity index (χ3n) is 3.29. The highest BCUT2D eigenvalue weighted by Gasteiger charge is 2.30. The van der Waals surface area contributed by atoms with Gasteiger partial charge in [0, 0.05) is 34.3 Å². The molecule has 0 spiro atoms. The molecular formula is C17H15ClF4N2OS. The fourth-order valence-electron chi connectivity index (χ4n) is 2.03. The molecule has 2 aromatic carbocycles. The van der Waals surface area contributed by atoms with E-state index in [-0.39, 0.29) is 18.0 Å². The van der Waals surface area contributed by atoms with Crippen molar-refractivity contribution in [3.05, 3.63) is 64.4 Å². The summed E-state index contributed by atoms with van der Waals surface area (Å²) in [6.07, 6.45) is -4.47. The number of thioether (sulfide) groups is 1. The quantitative estimate of drug-likeness (QED) is 0.487. The molecule has 0 aromatic heterocycles. The van der Waals surface area contributed by atoms with E-state index in [1.54, 1.807) is 6.07 Å². The van der Waals surface area contributed by atoms with Gasteiger partial charge in [-0.1, -0.05) is 23.7 Å². The van der Waals surface area contributed by atoms with Gasteiger partial charge in [0.1, 0.15) is 5.82 Å². The molecule has 0 saturated heterocycles. The lowest BCUT2D eigenvalue weighted by Gasteiger charge is -2.11. The highest BCUT2D eigenvalue weighted by molar-refractivity contribution is 7.98. The number of nitrogens with one attached hydrogen (secondary N) is 2. The van der Waals surface area contributed by atoms with Gasteiger partial charge in [0.05, 0.1) is 5.56 Å². The second kappa shape index (κ2) is 9.14. The van der Waals surface area contributed by atoms with Gasteiger partial charge in [0.2, 0.25) is 0 Å². The predicted octanol–water partition coefficient (Wildman–Crippen LogP) is 5.55. The fraction of sp³-hybridized carbons (Fsp3) is 0.235. The largest absolute Gasteiger partial charge is 0.416 e. The van der Waals surface area contributed by atoms with Crippen LogP contribution in [0.15, 0.2) is 42.5 Å². The van der Waals surface area contributed by atoms with Crippen molar-refractivity contribution in [3.8, 4) is 0 Å². The highest BCUT2D eigenvalue weighted by atomic mass is 35.5. The van der Waals surface area contributed by atoms with Crippen molar-refractivity contribution in [2.75, 3.05) is 17.6 Å². The van der Waals surface area contributed by atoms with Gasteiger partial charge in [-0.3, -0.25) is 0 Å². The van der Waals surface area contributed by atoms with Gasteiger partial charge >= 0.3 is 12.2 Å². The number of hydrogen-bond acceptors (Lipinski definition) is 2. The second-order valence-electron chi connectivity index (χ2n) is 5.21. The number of rotatable bonds is 6. The van der Waals surface area contributed by atoms with Crippen molar-refractivity contribution in [2.24, 2.45) is 0 Å². The van der Waals surface area contributed by atoms with E-state index in [0.717, 1.165) is 12.1 Å². The number of hydrogen-bond donors (Lipinski definition) is 2. The number of alkyl halides is 3. The number of anilines is 1. The average molecular weight is 407 g/mol. The number of carbonyl (C=O) groups is 1. The summed E-state index contributed by atoms with van der Waals surface area (Å²) in [6.45, 7) is 0.265. The average Bonchev–Trinajstić information content (AvgIpc) is 2.56. The van der Waals surface area contributed by atoms with Gasteiger partial charge in [-0.15, -0.1) is 0 Å². The Hall–Kier alpha value is -1.93. The lowest BCUT2D eigenvalue weighted by atomic mass is 10.2. The molecule has 2 N–H and O–H groups in total. The van der Waals surface area contributed by atoms with E-state index in [0.29, 0.717) is 22.1 Å². The Bertz CT molecular complexity index is 750. The van der Waals surface area contributed by atoms with Gasteiger partial charge in [-0.25, -0.2) is 9.18 Å². The molecule has 2 amide bonds. The highest BCUT2D eigenvalue weighted by Crippen LogP contribution is 2.30. The van der Waals surface area contributed by atoms with Crippen molar-refractivity contribution in [2.45, 2.75) is 11.9 Å². The molecular weight excluding hydrogens is 392 g/mol. The second-order valence-corrected chi connectivity index (χ2v) is 6.72. The van der Waals surface area contributed by atoms with E-state index in [1.807, 2.05) is 0 Å². The van der Waals surface area contributed by atoms with Crippen molar-refractivity contribution in [1.82, 2.24) is 5.32 Å². The molecule has 3 nitrogen and oxygen atoms in total. The number of halogens is 5. The predicted molar refractivity (Wildman–Crippen MR) is 96.0 cm³/mol. The van der Waals surface area contributed by atoms with Crippen LogP contribution in [0.1, 0.15) is 11.1 Å². The summed E-state index contributed by atoms with van der Waals surface area (Å²) in [7, 11) is 0. The molecule has 140 valence electrons. The third kappa shape index (κ3) is 6.10. The number of amides is 2. The van der Waals surface area contributed by atoms with Gasteiger partial charge in [0.25, 0.3) is 0 Å². The molecule has 9 heteroatoms. The van der Waals surface area contributed by atoms with Gasteiger partial charge in [-0.2, -0.15) is 24.9 Å². The first-order valence-electron chi connectivity index (χ1n) is 7.50. The van der Waals surface area contributed by atoms with E-state index >= 15 is 0 Å². The first-order valence-corrected chi connectivity index (χ1v) is 9.03. The Balaban J connectivity index is 1.74. The van der Waals surface area contributed by atoms with Crippen molar-refractivity contribution < 1.29 is 22.4 Å². The summed E-state index contributed by atoms with van der Waals surface area (Å²) in [5.41, 5.74) is -0.400. The Morgan fingerprint density at radius 1 is 1.15 bits per heavy atom. The van der Waals surface area contributed by atoms with E-state index in [4.69, 9.17) is 11.6 Å². The SMILES string of the molecule is O=C(NCCSCc1c(F)cccc1Cl)Nc1cccc(C(F)(F)F)c1. The molecule has 0 fully saturated rings. The summed E-state index contributed by atoms with van der Waals surface area (Å²) < 4.78 is 51.5. The van der Waals surface area contributed by atoms with Crippen LogP contribution in [0, 0.1) is 5.82 Å². The fourth-order valence-corrected chi connectivity index (χ4v) is 3.23. The number of urea groups is 1. The van der Waals surface area contributed by atoms with Crippen LogP contribution in [-0.2, 0) is 11.9 Å². The first-order chi connectivity index (χ1) is 12.3. The number of carbonyl (C=O) groups excluding carboxylic acids is 1. The first kappa shape index (κ1) is 20.4. The maximum atomic E-state index is 13.6. The van der Waals surface area contributed by atoms with E-state index in [1.165, 1.54) is 36.0 Å². The van der Waals surface area contributed by atoms with E-state index in [9.17, 15) is 22.4 Å². The molecule has 0 aliphatic carbocycles. The minimum atomic E-state index is -4.47. The van der Waals surface area contributed by atoms with Crippen LogP contribution in [0.4, 0.5) is 28.0 Å². The molecule has 0 atom stereocenters. The summed E-state index contributed by atoms with van der Waals surface area (Å²) in [6, 6.07) is 8.18. The number of benzene rings is 2. The summed E-state index contributed by atoms with van der Waals surface area (Å²) >= 11 is 7.29. The standard InChI is InChI=1S/C17H15ClF4N2OS/c18-14-5-2-6-15(19)13(14)10-26-8-7-23-16(25)24-12-4-1-3-11(9-12)17(20,21)22/h1-6,9H,7-8,10H2,(H2,23,24,25). The van der Waals surface area contributed by atoms with Crippen LogP contribution in [0.3, 0.4) is 0 Å². The molecule has 0 unspecified atom stereocenters. The lowest BCUT2D eigenvalue weighted by molar-refractivity contribution is -0.137. The van der Waals surface area contributed by atoms with Crippen LogP contribution in [0.2, 0.25) is 5.02 Å². The maximum absolute atomic E-state index is 13.6. The molecule has 2 rings (SSSR count). The van der Waals surface area contributed by atoms with Crippen LogP contribution in [0.25, 0.3) is 0 Å². The minimum absolute atomic E-state index is 0.0446. The minimum Gasteiger partial charge on any atom is -0.337 e. The van der Waals surface area contributed by atoms with Gasteiger partial charge in [-0.05, 0) is 30.3 Å². The van der Waals surface area contributed by atoms with Crippen LogP contribution < -0.4 is 10.6 Å². The van der Waals surface area contributed by atoms with Crippen molar-refractivity contribution >= 4 is 35.1 Å². The normalized spacial score (nSPS) is 11.3. The Morgan fingerprint density at radius 2 is 1.88 bits per heavy atom. The molecule has 0 aliphatic heterocycles. The van der Waals surface area contributed by atoms with Crippen molar-refractivity contribution in [3.63, 3.8) is 0 Å². The molecule has 0 saturated carbocycles. The summed E-state index contributed by atoms with van der Waals surface area (Å²) in [5, 5.41) is 5.21. The Kier molecular flexibility index (Phi) is 7.16. The zero-order valence-electron chi connectivity index (χ0n) is 13.4. The Labute approximate surface area is 157 Å². The molecule has 0 radical (unpaired) electrons. The summed E-state index contributed by atoms with van der Waals surface area (Å²) in [5.74, 6) is 0.448. The zero-order valence-corrected chi connectivity index (χ0v) is 14.9. The molecule has 0 bridgehead atoms. The lowest BCUT2D eigenvalue weighted by Crippen LogP contribution is -2.30. The monoisotopic (exact) mass is 406 g/mol. The van der Waals surface area contributed by atoms with E-state index in [2.05, 4.69) is 10.6 Å². The third-order valence-corrected chi connectivity index (χ3v) is 4.63. The Morgan fingerprint density at radius 3 is 2.58 bits per heavy atom. The molecule has 26 heavy (non-hydrogen) atoms. The maximum Gasteiger partial charge on any atom is 0.416 e. The summed E-state index contributed by atoms with van der Waals surface area (Å²) in [4.78, 5) is 11.7. The molecule has 0 heterocycles. The molecule has 2 aromatic rings. The topological polar surface area (TPSA) is 41.1 Å². The van der Waals surface area contributed by atoms with Gasteiger partial charge in [0.15, 0.2) is 0 Å². The van der Waals surface area contributed by atoms with Crippen molar-refractivity contribution in [1.29, 1.82) is 0 Å². The van der Waals surface area contributed by atoms with Crippen LogP contribution in [0.5, 0.6) is 0 Å². The molecule has 0 aliphatic rings.